The fraction of sp³-hybridized carbons (Fsp3) is 0.917. The van der Waals surface area contributed by atoms with Crippen LogP contribution in [-0.2, 0) is 4.74 Å². The van der Waals surface area contributed by atoms with Gasteiger partial charge >= 0.3 is 0 Å². The standard InChI is InChI=1S/C12H20N2O/c1-12(10-13,11-5-8-15-9-11)14-6-3-2-4-7-14/h11H,2-9H2,1H3. The van der Waals surface area contributed by atoms with Gasteiger partial charge in [-0.05, 0) is 39.3 Å². The van der Waals surface area contributed by atoms with Crippen LogP contribution in [0.2, 0.25) is 0 Å². The molecule has 0 spiro atoms. The van der Waals surface area contributed by atoms with Crippen LogP contribution in [0, 0.1) is 17.2 Å². The first-order valence-electron chi connectivity index (χ1n) is 6.01. The second-order valence-electron chi connectivity index (χ2n) is 4.87. The third-order valence-electron chi connectivity index (χ3n) is 3.96. The molecule has 0 aliphatic carbocycles. The van der Waals surface area contributed by atoms with E-state index in [1.807, 2.05) is 0 Å². The van der Waals surface area contributed by atoms with Gasteiger partial charge in [0, 0.05) is 12.5 Å². The van der Waals surface area contributed by atoms with Crippen molar-refractivity contribution < 1.29 is 4.74 Å². The molecule has 2 fully saturated rings. The molecule has 0 amide bonds. The molecule has 2 saturated heterocycles. The summed E-state index contributed by atoms with van der Waals surface area (Å²) in [5.41, 5.74) is -0.295. The maximum absolute atomic E-state index is 9.45. The highest BCUT2D eigenvalue weighted by Gasteiger charge is 2.42. The molecule has 3 nitrogen and oxygen atoms in total. The molecular weight excluding hydrogens is 188 g/mol. The predicted molar refractivity (Wildman–Crippen MR) is 58.4 cm³/mol. The summed E-state index contributed by atoms with van der Waals surface area (Å²) in [4.78, 5) is 2.37. The topological polar surface area (TPSA) is 36.3 Å². The van der Waals surface area contributed by atoms with Crippen LogP contribution in [0.25, 0.3) is 0 Å². The maximum Gasteiger partial charge on any atom is 0.111 e. The minimum Gasteiger partial charge on any atom is -0.381 e. The zero-order valence-electron chi connectivity index (χ0n) is 9.54. The van der Waals surface area contributed by atoms with Gasteiger partial charge in [-0.2, -0.15) is 5.26 Å². The highest BCUT2D eigenvalue weighted by atomic mass is 16.5. The molecular formula is C12H20N2O. The van der Waals surface area contributed by atoms with E-state index < -0.39 is 0 Å². The highest BCUT2D eigenvalue weighted by Crippen LogP contribution is 2.32. The molecule has 0 N–H and O–H groups in total. The van der Waals surface area contributed by atoms with Crippen LogP contribution in [0.5, 0.6) is 0 Å². The van der Waals surface area contributed by atoms with E-state index in [0.29, 0.717) is 5.92 Å². The second kappa shape index (κ2) is 4.51. The molecule has 2 heterocycles. The van der Waals surface area contributed by atoms with Crippen molar-refractivity contribution in [2.24, 2.45) is 5.92 Å². The monoisotopic (exact) mass is 208 g/mol. The van der Waals surface area contributed by atoms with Crippen molar-refractivity contribution in [3.05, 3.63) is 0 Å². The summed E-state index contributed by atoms with van der Waals surface area (Å²) in [6.45, 7) is 5.86. The molecule has 2 aliphatic heterocycles. The molecule has 2 atom stereocenters. The molecule has 2 aliphatic rings. The summed E-state index contributed by atoms with van der Waals surface area (Å²) in [7, 11) is 0. The molecule has 2 unspecified atom stereocenters. The van der Waals surface area contributed by atoms with E-state index in [1.165, 1.54) is 19.3 Å². The zero-order valence-corrected chi connectivity index (χ0v) is 9.54. The average Bonchev–Trinajstić information content (AvgIpc) is 2.83. The van der Waals surface area contributed by atoms with E-state index in [4.69, 9.17) is 4.74 Å². The Bertz CT molecular complexity index is 249. The van der Waals surface area contributed by atoms with Gasteiger partial charge in [0.15, 0.2) is 0 Å². The normalized spacial score (nSPS) is 32.1. The van der Waals surface area contributed by atoms with E-state index in [1.54, 1.807) is 0 Å². The minimum absolute atomic E-state index is 0.295. The summed E-state index contributed by atoms with van der Waals surface area (Å²) < 4.78 is 5.42. The summed E-state index contributed by atoms with van der Waals surface area (Å²) in [6.07, 6.45) is 4.84. The zero-order chi connectivity index (χ0) is 10.7. The third-order valence-corrected chi connectivity index (χ3v) is 3.96. The molecule has 0 saturated carbocycles. The number of hydrogen-bond donors (Lipinski definition) is 0. The van der Waals surface area contributed by atoms with Crippen molar-refractivity contribution in [1.29, 1.82) is 5.26 Å². The first-order valence-corrected chi connectivity index (χ1v) is 6.01. The Balaban J connectivity index is 2.08. The van der Waals surface area contributed by atoms with Gasteiger partial charge in [0.05, 0.1) is 12.7 Å². The van der Waals surface area contributed by atoms with E-state index in [-0.39, 0.29) is 5.54 Å². The highest BCUT2D eigenvalue weighted by molar-refractivity contribution is 5.10. The number of rotatable bonds is 2. The number of hydrogen-bond acceptors (Lipinski definition) is 3. The quantitative estimate of drug-likeness (QED) is 0.694. The number of piperidine rings is 1. The summed E-state index contributed by atoms with van der Waals surface area (Å²) in [6, 6.07) is 2.54. The van der Waals surface area contributed by atoms with Gasteiger partial charge in [0.2, 0.25) is 0 Å². The summed E-state index contributed by atoms with van der Waals surface area (Å²) >= 11 is 0. The molecule has 0 aromatic carbocycles. The van der Waals surface area contributed by atoms with Crippen LogP contribution in [0.1, 0.15) is 32.6 Å². The number of ether oxygens (including phenoxy) is 1. The van der Waals surface area contributed by atoms with Gasteiger partial charge in [-0.25, -0.2) is 0 Å². The van der Waals surface area contributed by atoms with Gasteiger partial charge in [0.25, 0.3) is 0 Å². The molecule has 3 heteroatoms. The van der Waals surface area contributed by atoms with Gasteiger partial charge in [0.1, 0.15) is 5.54 Å². The SMILES string of the molecule is CC(C#N)(C1CCOC1)N1CCCCC1. The number of nitriles is 1. The molecule has 0 radical (unpaired) electrons. The van der Waals surface area contributed by atoms with Crippen LogP contribution in [0.4, 0.5) is 0 Å². The largest absolute Gasteiger partial charge is 0.381 e. The van der Waals surface area contributed by atoms with Gasteiger partial charge in [-0.15, -0.1) is 0 Å². The maximum atomic E-state index is 9.45. The van der Waals surface area contributed by atoms with Crippen molar-refractivity contribution in [2.45, 2.75) is 38.1 Å². The average molecular weight is 208 g/mol. The Morgan fingerprint density at radius 1 is 1.33 bits per heavy atom. The first-order chi connectivity index (χ1) is 7.27. The lowest BCUT2D eigenvalue weighted by atomic mass is 9.83. The smallest absolute Gasteiger partial charge is 0.111 e. The molecule has 0 aromatic heterocycles. The predicted octanol–water partition coefficient (Wildman–Crippen LogP) is 1.79. The van der Waals surface area contributed by atoms with Crippen molar-refractivity contribution in [2.75, 3.05) is 26.3 Å². The molecule has 84 valence electrons. The van der Waals surface area contributed by atoms with E-state index in [2.05, 4.69) is 17.9 Å². The number of likely N-dealkylation sites (tertiary alicyclic amines) is 1. The fourth-order valence-electron chi connectivity index (χ4n) is 2.76. The lowest BCUT2D eigenvalue weighted by Crippen LogP contribution is -2.53. The van der Waals surface area contributed by atoms with Crippen molar-refractivity contribution in [3.8, 4) is 6.07 Å². The van der Waals surface area contributed by atoms with Gasteiger partial charge in [-0.1, -0.05) is 6.42 Å². The van der Waals surface area contributed by atoms with Gasteiger partial charge in [-0.3, -0.25) is 4.90 Å². The first kappa shape index (κ1) is 10.9. The summed E-state index contributed by atoms with van der Waals surface area (Å²) in [5, 5.41) is 9.45. The Morgan fingerprint density at radius 3 is 2.60 bits per heavy atom. The molecule has 0 bridgehead atoms. The second-order valence-corrected chi connectivity index (χ2v) is 4.87. The van der Waals surface area contributed by atoms with E-state index in [9.17, 15) is 5.26 Å². The van der Waals surface area contributed by atoms with E-state index in [0.717, 1.165) is 32.7 Å². The Hall–Kier alpha value is -0.590. The van der Waals surface area contributed by atoms with Crippen LogP contribution in [-0.4, -0.2) is 36.7 Å². The lowest BCUT2D eigenvalue weighted by molar-refractivity contribution is 0.0650. The minimum atomic E-state index is -0.295. The molecule has 2 rings (SSSR count). The Kier molecular flexibility index (Phi) is 3.28. The Morgan fingerprint density at radius 2 is 2.07 bits per heavy atom. The summed E-state index contributed by atoms with van der Waals surface area (Å²) in [5.74, 6) is 0.403. The molecule has 15 heavy (non-hydrogen) atoms. The van der Waals surface area contributed by atoms with Crippen LogP contribution < -0.4 is 0 Å². The van der Waals surface area contributed by atoms with E-state index >= 15 is 0 Å². The Labute approximate surface area is 92.0 Å². The molecule has 0 aromatic rings. The van der Waals surface area contributed by atoms with Crippen LogP contribution in [0.15, 0.2) is 0 Å². The number of nitrogens with zero attached hydrogens (tertiary/aromatic N) is 2. The third kappa shape index (κ3) is 2.02. The van der Waals surface area contributed by atoms with Crippen LogP contribution >= 0.6 is 0 Å². The van der Waals surface area contributed by atoms with Crippen LogP contribution in [0.3, 0.4) is 0 Å². The van der Waals surface area contributed by atoms with Crippen molar-refractivity contribution in [1.82, 2.24) is 4.90 Å². The lowest BCUT2D eigenvalue weighted by Gasteiger charge is -2.41. The van der Waals surface area contributed by atoms with Gasteiger partial charge < -0.3 is 4.74 Å². The van der Waals surface area contributed by atoms with Crippen molar-refractivity contribution in [3.63, 3.8) is 0 Å². The fourth-order valence-corrected chi connectivity index (χ4v) is 2.76. The van der Waals surface area contributed by atoms with Crippen molar-refractivity contribution >= 4 is 0 Å².